The number of aromatic nitrogens is 2. The number of nitrogens with zero attached hydrogens (tertiary/aromatic N) is 2. The molecule has 3 heterocycles. The Morgan fingerprint density at radius 2 is 1.76 bits per heavy atom. The van der Waals surface area contributed by atoms with E-state index < -0.39 is 11.6 Å². The van der Waals surface area contributed by atoms with E-state index in [2.05, 4.69) is 38.0 Å². The maximum atomic E-state index is 13.1. The number of halogens is 1. The van der Waals surface area contributed by atoms with Crippen LogP contribution in [0.25, 0.3) is 22.2 Å². The van der Waals surface area contributed by atoms with Crippen molar-refractivity contribution < 1.29 is 19.1 Å². The summed E-state index contributed by atoms with van der Waals surface area (Å²) in [4.78, 5) is 35.4. The summed E-state index contributed by atoms with van der Waals surface area (Å²) in [6.45, 7) is 5.50. The summed E-state index contributed by atoms with van der Waals surface area (Å²) in [5, 5.41) is 0.903. The maximum Gasteiger partial charge on any atom is 0.342 e. The van der Waals surface area contributed by atoms with Crippen LogP contribution in [0.5, 0.6) is 11.5 Å². The van der Waals surface area contributed by atoms with Gasteiger partial charge in [-0.2, -0.15) is 0 Å². The molecule has 1 fully saturated rings. The molecule has 42 heavy (non-hydrogen) atoms. The van der Waals surface area contributed by atoms with Crippen molar-refractivity contribution >= 4 is 44.5 Å². The first-order valence-corrected chi connectivity index (χ1v) is 14.6. The Labute approximate surface area is 252 Å². The van der Waals surface area contributed by atoms with Crippen molar-refractivity contribution in [2.45, 2.75) is 45.3 Å². The molecule has 7 nitrogen and oxygen atoms in total. The van der Waals surface area contributed by atoms with Crippen molar-refractivity contribution in [1.29, 1.82) is 0 Å². The fourth-order valence-electron chi connectivity index (χ4n) is 5.24. The van der Waals surface area contributed by atoms with E-state index in [0.717, 1.165) is 44.3 Å². The molecule has 6 rings (SSSR count). The number of para-hydroxylation sites is 1. The molecule has 1 unspecified atom stereocenters. The van der Waals surface area contributed by atoms with E-state index in [1.807, 2.05) is 92.5 Å². The van der Waals surface area contributed by atoms with Gasteiger partial charge in [-0.25, -0.2) is 9.78 Å². The third-order valence-corrected chi connectivity index (χ3v) is 7.83. The maximum absolute atomic E-state index is 13.1. The number of aromatic amines is 1. The molecule has 3 aromatic carbocycles. The number of amides is 1. The molecule has 5 aromatic rings. The summed E-state index contributed by atoms with van der Waals surface area (Å²) in [6.07, 6.45) is 4.70. The molecule has 1 aliphatic rings. The fraction of sp³-hybridized carbons (Fsp3) is 0.206. The fourth-order valence-corrected chi connectivity index (χ4v) is 5.71. The number of carbonyl (C=O) groups excluding carboxylic acids is 2. The minimum absolute atomic E-state index is 0.0467. The molecule has 0 bridgehead atoms. The lowest BCUT2D eigenvalue weighted by Crippen LogP contribution is -2.27. The van der Waals surface area contributed by atoms with E-state index in [4.69, 9.17) is 9.47 Å². The lowest BCUT2D eigenvalue weighted by molar-refractivity contribution is -0.117. The third kappa shape index (κ3) is 5.67. The van der Waals surface area contributed by atoms with Gasteiger partial charge in [-0.1, -0.05) is 42.5 Å². The zero-order valence-electron chi connectivity index (χ0n) is 23.6. The van der Waals surface area contributed by atoms with Crippen LogP contribution in [0, 0.1) is 0 Å². The van der Waals surface area contributed by atoms with Crippen LogP contribution < -0.4 is 9.64 Å². The first-order chi connectivity index (χ1) is 20.2. The number of hydrogen-bond donors (Lipinski definition) is 1. The van der Waals surface area contributed by atoms with Crippen LogP contribution in [0.4, 0.5) is 5.69 Å². The van der Waals surface area contributed by atoms with Gasteiger partial charge in [0.25, 0.3) is 0 Å². The van der Waals surface area contributed by atoms with Crippen molar-refractivity contribution in [2.24, 2.45) is 0 Å². The van der Waals surface area contributed by atoms with Crippen LogP contribution in [0.15, 0.2) is 95.7 Å². The molecule has 0 saturated carbocycles. The van der Waals surface area contributed by atoms with Gasteiger partial charge in [0.15, 0.2) is 0 Å². The number of H-pyrrole nitrogens is 1. The monoisotopic (exact) mass is 623 g/mol. The Bertz CT molecular complexity index is 1790. The quantitative estimate of drug-likeness (QED) is 0.191. The van der Waals surface area contributed by atoms with Crippen molar-refractivity contribution in [3.05, 3.63) is 107 Å². The number of anilines is 1. The summed E-state index contributed by atoms with van der Waals surface area (Å²) < 4.78 is 12.8. The van der Waals surface area contributed by atoms with Crippen LogP contribution in [0.3, 0.4) is 0 Å². The minimum Gasteiger partial charge on any atom is -0.456 e. The largest absolute Gasteiger partial charge is 0.456 e. The Morgan fingerprint density at radius 3 is 2.52 bits per heavy atom. The topological polar surface area (TPSA) is 84.5 Å². The molecule has 1 N–H and O–H groups in total. The summed E-state index contributed by atoms with van der Waals surface area (Å²) in [5.74, 6) is 0.539. The normalized spacial score (nSPS) is 15.3. The summed E-state index contributed by atoms with van der Waals surface area (Å²) in [5.41, 5.74) is 4.20. The van der Waals surface area contributed by atoms with E-state index in [-0.39, 0.29) is 11.9 Å². The summed E-state index contributed by atoms with van der Waals surface area (Å²) in [6, 6.07) is 25.2. The molecule has 0 aliphatic carbocycles. The highest BCUT2D eigenvalue weighted by Crippen LogP contribution is 2.41. The first kappa shape index (κ1) is 27.7. The van der Waals surface area contributed by atoms with Crippen LogP contribution >= 0.6 is 15.9 Å². The number of esters is 1. The summed E-state index contributed by atoms with van der Waals surface area (Å²) >= 11 is 3.60. The second-order valence-electron chi connectivity index (χ2n) is 11.3. The van der Waals surface area contributed by atoms with Gasteiger partial charge in [-0.05, 0) is 96.2 Å². The minimum atomic E-state index is -0.653. The lowest BCUT2D eigenvalue weighted by Gasteiger charge is -2.26. The molecule has 1 amide bonds. The van der Waals surface area contributed by atoms with Crippen molar-refractivity contribution in [3.63, 3.8) is 0 Å². The van der Waals surface area contributed by atoms with E-state index in [1.54, 1.807) is 12.3 Å². The van der Waals surface area contributed by atoms with Crippen LogP contribution in [-0.4, -0.2) is 27.4 Å². The predicted molar refractivity (Wildman–Crippen MR) is 167 cm³/mol. The van der Waals surface area contributed by atoms with Gasteiger partial charge >= 0.3 is 5.97 Å². The standard InChI is InChI=1S/C34H30BrN3O4/c1-34(2,3)42-33(40)26-13-12-23(19-30(26)41-25-18-24-16-17-36-32(24)37-20-25)21-8-10-22(11-9-21)28-14-15-31(39)38(28)29-7-5-4-6-27(29)35/h4-13,16-20,28H,14-15H2,1-3H3,(H,36,37). The van der Waals surface area contributed by atoms with Gasteiger partial charge in [-0.3, -0.25) is 4.79 Å². The van der Waals surface area contributed by atoms with Crippen molar-refractivity contribution in [3.8, 4) is 22.6 Å². The van der Waals surface area contributed by atoms with Gasteiger partial charge in [-0.15, -0.1) is 0 Å². The second-order valence-corrected chi connectivity index (χ2v) is 12.1. The van der Waals surface area contributed by atoms with Crippen LogP contribution in [-0.2, 0) is 9.53 Å². The number of rotatable bonds is 6. The van der Waals surface area contributed by atoms with Gasteiger partial charge in [0.1, 0.15) is 28.3 Å². The molecule has 1 atom stereocenters. The number of ether oxygens (including phenoxy) is 2. The Kier molecular flexibility index (Phi) is 7.33. The van der Waals surface area contributed by atoms with E-state index >= 15 is 0 Å². The Balaban J connectivity index is 1.32. The third-order valence-electron chi connectivity index (χ3n) is 7.16. The molecular weight excluding hydrogens is 594 g/mol. The molecule has 8 heteroatoms. The van der Waals surface area contributed by atoms with Gasteiger partial charge in [0.2, 0.25) is 5.91 Å². The number of hydrogen-bond acceptors (Lipinski definition) is 5. The zero-order valence-corrected chi connectivity index (χ0v) is 25.1. The Hall–Kier alpha value is -4.43. The highest BCUT2D eigenvalue weighted by molar-refractivity contribution is 9.10. The van der Waals surface area contributed by atoms with E-state index in [9.17, 15) is 9.59 Å². The smallest absolute Gasteiger partial charge is 0.342 e. The highest BCUT2D eigenvalue weighted by atomic mass is 79.9. The average Bonchev–Trinajstić information content (AvgIpc) is 3.58. The highest BCUT2D eigenvalue weighted by Gasteiger charge is 2.34. The molecule has 1 saturated heterocycles. The Morgan fingerprint density at radius 1 is 1.00 bits per heavy atom. The lowest BCUT2D eigenvalue weighted by atomic mass is 9.98. The van der Waals surface area contributed by atoms with Gasteiger partial charge < -0.3 is 19.4 Å². The molecule has 2 aromatic heterocycles. The number of benzene rings is 3. The second kappa shape index (κ2) is 11.1. The first-order valence-electron chi connectivity index (χ1n) is 13.8. The number of fused-ring (bicyclic) bond motifs is 1. The van der Waals surface area contributed by atoms with Crippen LogP contribution in [0.1, 0.15) is 55.6 Å². The number of pyridine rings is 1. The molecule has 0 spiro atoms. The van der Waals surface area contributed by atoms with E-state index in [1.165, 1.54) is 0 Å². The zero-order chi connectivity index (χ0) is 29.4. The van der Waals surface area contributed by atoms with Gasteiger partial charge in [0.05, 0.1) is 17.9 Å². The summed E-state index contributed by atoms with van der Waals surface area (Å²) in [7, 11) is 0. The molecule has 212 valence electrons. The van der Waals surface area contributed by atoms with Crippen LogP contribution in [0.2, 0.25) is 0 Å². The molecule has 1 aliphatic heterocycles. The van der Waals surface area contributed by atoms with E-state index in [0.29, 0.717) is 23.5 Å². The SMILES string of the molecule is CC(C)(C)OC(=O)c1ccc(-c2ccc(C3CCC(=O)N3c3ccccc3Br)cc2)cc1Oc1cnc2[nH]ccc2c1. The van der Waals surface area contributed by atoms with Gasteiger partial charge in [0, 0.05) is 22.5 Å². The van der Waals surface area contributed by atoms with Crippen molar-refractivity contribution in [1.82, 2.24) is 9.97 Å². The molecule has 0 radical (unpaired) electrons. The number of carbonyl (C=O) groups is 2. The molecular formula is C34H30BrN3O4. The number of nitrogens with one attached hydrogen (secondary N) is 1. The predicted octanol–water partition coefficient (Wildman–Crippen LogP) is 8.61. The average molecular weight is 625 g/mol. The van der Waals surface area contributed by atoms with Crippen molar-refractivity contribution in [2.75, 3.05) is 4.90 Å².